The van der Waals surface area contributed by atoms with Crippen molar-refractivity contribution in [1.29, 1.82) is 0 Å². The van der Waals surface area contributed by atoms with Crippen LogP contribution in [0.5, 0.6) is 5.75 Å². The van der Waals surface area contributed by atoms with Gasteiger partial charge < -0.3 is 14.8 Å². The first kappa shape index (κ1) is 12.4. The number of hydrogen-bond donors (Lipinski definition) is 1. The van der Waals surface area contributed by atoms with Crippen molar-refractivity contribution in [2.24, 2.45) is 0 Å². The van der Waals surface area contributed by atoms with Gasteiger partial charge in [-0.25, -0.2) is 4.79 Å². The Labute approximate surface area is 95.6 Å². The highest BCUT2D eigenvalue weighted by Gasteiger charge is 2.06. The molecule has 1 amide bonds. The Balaban J connectivity index is 2.81. The summed E-state index contributed by atoms with van der Waals surface area (Å²) in [5.41, 5.74) is 3.19. The van der Waals surface area contributed by atoms with E-state index in [2.05, 4.69) is 10.1 Å². The van der Waals surface area contributed by atoms with Crippen LogP contribution in [0.4, 0.5) is 4.79 Å². The summed E-state index contributed by atoms with van der Waals surface area (Å²) in [5.74, 6) is 0.860. The maximum atomic E-state index is 10.9. The maximum absolute atomic E-state index is 10.9. The summed E-state index contributed by atoms with van der Waals surface area (Å²) in [4.78, 5) is 10.9. The zero-order chi connectivity index (χ0) is 12.1. The number of alkyl carbamates (subject to hydrolysis) is 1. The van der Waals surface area contributed by atoms with Gasteiger partial charge in [-0.05, 0) is 36.6 Å². The van der Waals surface area contributed by atoms with E-state index in [4.69, 9.17) is 4.74 Å². The van der Waals surface area contributed by atoms with E-state index < -0.39 is 6.09 Å². The smallest absolute Gasteiger partial charge is 0.407 e. The number of methoxy groups -OCH3 is 2. The average molecular weight is 223 g/mol. The molecule has 0 aliphatic rings. The van der Waals surface area contributed by atoms with E-state index in [-0.39, 0.29) is 0 Å². The Morgan fingerprint density at radius 1 is 1.25 bits per heavy atom. The third kappa shape index (κ3) is 2.89. The normalized spacial score (nSPS) is 9.75. The van der Waals surface area contributed by atoms with Crippen LogP contribution in [-0.4, -0.2) is 20.3 Å². The van der Waals surface area contributed by atoms with E-state index in [0.29, 0.717) is 6.54 Å². The molecule has 1 aromatic carbocycles. The van der Waals surface area contributed by atoms with Gasteiger partial charge in [0.25, 0.3) is 0 Å². The van der Waals surface area contributed by atoms with E-state index in [0.717, 1.165) is 22.4 Å². The van der Waals surface area contributed by atoms with Crippen LogP contribution >= 0.6 is 0 Å². The molecule has 0 atom stereocenters. The lowest BCUT2D eigenvalue weighted by Gasteiger charge is -2.11. The molecule has 0 aromatic heterocycles. The minimum absolute atomic E-state index is 0.423. The van der Waals surface area contributed by atoms with Gasteiger partial charge >= 0.3 is 6.09 Å². The Kier molecular flexibility index (Phi) is 4.17. The van der Waals surface area contributed by atoms with Gasteiger partial charge in [0, 0.05) is 6.54 Å². The van der Waals surface area contributed by atoms with Gasteiger partial charge in [0.2, 0.25) is 0 Å². The Morgan fingerprint density at radius 3 is 2.50 bits per heavy atom. The number of benzene rings is 1. The highest BCUT2D eigenvalue weighted by atomic mass is 16.5. The number of carbonyl (C=O) groups excluding carboxylic acids is 1. The summed E-state index contributed by atoms with van der Waals surface area (Å²) in [6, 6.07) is 3.97. The molecule has 0 saturated heterocycles. The Bertz CT molecular complexity index is 388. The number of aryl methyl sites for hydroxylation is 2. The quantitative estimate of drug-likeness (QED) is 0.854. The van der Waals surface area contributed by atoms with E-state index in [1.54, 1.807) is 7.11 Å². The number of hydrogen-bond acceptors (Lipinski definition) is 3. The summed E-state index contributed by atoms with van der Waals surface area (Å²) < 4.78 is 9.73. The molecule has 4 nitrogen and oxygen atoms in total. The van der Waals surface area contributed by atoms with Crippen molar-refractivity contribution in [3.8, 4) is 5.75 Å². The monoisotopic (exact) mass is 223 g/mol. The number of carbonyl (C=O) groups is 1. The van der Waals surface area contributed by atoms with Gasteiger partial charge in [-0.1, -0.05) is 6.07 Å². The molecule has 0 heterocycles. The molecular weight excluding hydrogens is 206 g/mol. The number of rotatable bonds is 3. The highest BCUT2D eigenvalue weighted by Crippen LogP contribution is 2.22. The van der Waals surface area contributed by atoms with Crippen molar-refractivity contribution < 1.29 is 14.3 Å². The SMILES string of the molecule is COC(=O)NCc1cc(C)c(OC)cc1C. The fourth-order valence-electron chi connectivity index (χ4n) is 1.50. The third-order valence-electron chi connectivity index (χ3n) is 2.46. The second kappa shape index (κ2) is 5.39. The van der Waals surface area contributed by atoms with Gasteiger partial charge in [0.1, 0.15) is 5.75 Å². The number of nitrogens with one attached hydrogen (secondary N) is 1. The largest absolute Gasteiger partial charge is 0.496 e. The molecule has 0 aliphatic carbocycles. The molecule has 0 aliphatic heterocycles. The van der Waals surface area contributed by atoms with Crippen molar-refractivity contribution in [3.63, 3.8) is 0 Å². The van der Waals surface area contributed by atoms with Crippen LogP contribution in [0, 0.1) is 13.8 Å². The summed E-state index contributed by atoms with van der Waals surface area (Å²) in [6.45, 7) is 4.42. The number of ether oxygens (including phenoxy) is 2. The predicted octanol–water partition coefficient (Wildman–Crippen LogP) is 2.17. The molecule has 0 radical (unpaired) electrons. The van der Waals surface area contributed by atoms with E-state index in [1.807, 2.05) is 26.0 Å². The number of amides is 1. The second-order valence-electron chi connectivity index (χ2n) is 3.59. The second-order valence-corrected chi connectivity index (χ2v) is 3.59. The minimum Gasteiger partial charge on any atom is -0.496 e. The summed E-state index contributed by atoms with van der Waals surface area (Å²) in [7, 11) is 3.00. The van der Waals surface area contributed by atoms with E-state index in [9.17, 15) is 4.79 Å². The molecule has 0 unspecified atom stereocenters. The molecular formula is C12H17NO3. The van der Waals surface area contributed by atoms with Gasteiger partial charge in [0.15, 0.2) is 0 Å². The molecule has 0 bridgehead atoms. The molecule has 88 valence electrons. The Hall–Kier alpha value is -1.71. The maximum Gasteiger partial charge on any atom is 0.407 e. The molecule has 4 heteroatoms. The van der Waals surface area contributed by atoms with Gasteiger partial charge in [-0.2, -0.15) is 0 Å². The van der Waals surface area contributed by atoms with Crippen LogP contribution in [0.1, 0.15) is 16.7 Å². The van der Waals surface area contributed by atoms with Crippen LogP contribution < -0.4 is 10.1 Å². The minimum atomic E-state index is -0.423. The van der Waals surface area contributed by atoms with Gasteiger partial charge in [0.05, 0.1) is 14.2 Å². The standard InChI is InChI=1S/C12H17NO3/c1-8-6-11(15-3)9(2)5-10(8)7-13-12(14)16-4/h5-6H,7H2,1-4H3,(H,13,14). The molecule has 0 fully saturated rings. The van der Waals surface area contributed by atoms with Gasteiger partial charge in [-0.15, -0.1) is 0 Å². The summed E-state index contributed by atoms with van der Waals surface area (Å²) >= 11 is 0. The van der Waals surface area contributed by atoms with Crippen molar-refractivity contribution >= 4 is 6.09 Å². The van der Waals surface area contributed by atoms with E-state index >= 15 is 0 Å². The fraction of sp³-hybridized carbons (Fsp3) is 0.417. The molecule has 16 heavy (non-hydrogen) atoms. The average Bonchev–Trinajstić information content (AvgIpc) is 2.29. The Morgan fingerprint density at radius 2 is 1.94 bits per heavy atom. The van der Waals surface area contributed by atoms with Crippen LogP contribution in [0.2, 0.25) is 0 Å². The summed E-state index contributed by atoms with van der Waals surface area (Å²) in [6.07, 6.45) is -0.423. The first-order valence-electron chi connectivity index (χ1n) is 5.04. The van der Waals surface area contributed by atoms with Crippen molar-refractivity contribution in [1.82, 2.24) is 5.32 Å². The summed E-state index contributed by atoms with van der Waals surface area (Å²) in [5, 5.41) is 2.65. The molecule has 1 rings (SSSR count). The molecule has 0 spiro atoms. The molecule has 1 aromatic rings. The van der Waals surface area contributed by atoms with E-state index in [1.165, 1.54) is 7.11 Å². The zero-order valence-corrected chi connectivity index (χ0v) is 10.1. The first-order valence-corrected chi connectivity index (χ1v) is 5.04. The van der Waals surface area contributed by atoms with Crippen molar-refractivity contribution in [2.45, 2.75) is 20.4 Å². The molecule has 1 N–H and O–H groups in total. The lowest BCUT2D eigenvalue weighted by Crippen LogP contribution is -2.22. The van der Waals surface area contributed by atoms with Crippen LogP contribution in [0.15, 0.2) is 12.1 Å². The lowest BCUT2D eigenvalue weighted by atomic mass is 10.0. The first-order chi connectivity index (χ1) is 7.58. The topological polar surface area (TPSA) is 47.6 Å². The zero-order valence-electron chi connectivity index (χ0n) is 10.1. The lowest BCUT2D eigenvalue weighted by molar-refractivity contribution is 0.170. The van der Waals surface area contributed by atoms with Crippen molar-refractivity contribution in [2.75, 3.05) is 14.2 Å². The molecule has 0 saturated carbocycles. The fourth-order valence-corrected chi connectivity index (χ4v) is 1.50. The van der Waals surface area contributed by atoms with Crippen molar-refractivity contribution in [3.05, 3.63) is 28.8 Å². The van der Waals surface area contributed by atoms with Crippen LogP contribution in [0.25, 0.3) is 0 Å². The van der Waals surface area contributed by atoms with Gasteiger partial charge in [-0.3, -0.25) is 0 Å². The third-order valence-corrected chi connectivity index (χ3v) is 2.46. The van der Waals surface area contributed by atoms with Crippen LogP contribution in [0.3, 0.4) is 0 Å². The van der Waals surface area contributed by atoms with Crippen LogP contribution in [-0.2, 0) is 11.3 Å². The highest BCUT2D eigenvalue weighted by molar-refractivity contribution is 5.67. The predicted molar refractivity (Wildman–Crippen MR) is 61.7 cm³/mol.